The minimum atomic E-state index is 0.0900. The molecule has 0 saturated carbocycles. The van der Waals surface area contributed by atoms with Gasteiger partial charge in [0.25, 0.3) is 0 Å². The van der Waals surface area contributed by atoms with E-state index < -0.39 is 0 Å². The molecule has 0 bridgehead atoms. The van der Waals surface area contributed by atoms with Gasteiger partial charge in [0, 0.05) is 25.4 Å². The van der Waals surface area contributed by atoms with Gasteiger partial charge in [0.1, 0.15) is 0 Å². The number of hydrogen-bond donors (Lipinski definition) is 1. The summed E-state index contributed by atoms with van der Waals surface area (Å²) >= 11 is 0. The van der Waals surface area contributed by atoms with E-state index in [0.29, 0.717) is 12.5 Å². The third-order valence-corrected chi connectivity index (χ3v) is 7.13. The topological polar surface area (TPSA) is 45.2 Å². The van der Waals surface area contributed by atoms with Gasteiger partial charge in [-0.05, 0) is 61.0 Å². The van der Waals surface area contributed by atoms with Crippen molar-refractivity contribution >= 4 is 12.0 Å². The van der Waals surface area contributed by atoms with Gasteiger partial charge in [-0.15, -0.1) is 0 Å². The molecule has 0 spiro atoms. The third kappa shape index (κ3) is 8.83. The van der Waals surface area contributed by atoms with Crippen molar-refractivity contribution in [3.8, 4) is 0 Å². The minimum absolute atomic E-state index is 0.0900. The SMILES string of the molecule is O=C(CC=CC=Cc1cccnc1)NCCCCC1CCN(C(c2ccccc2)c2ccccc2)CC1. The molecule has 1 aromatic heterocycles. The number of likely N-dealkylation sites (tertiary alicyclic amines) is 1. The largest absolute Gasteiger partial charge is 0.356 e. The zero-order valence-electron chi connectivity index (χ0n) is 21.7. The van der Waals surface area contributed by atoms with E-state index in [-0.39, 0.29) is 5.91 Å². The van der Waals surface area contributed by atoms with Crippen LogP contribution in [0.3, 0.4) is 0 Å². The second kappa shape index (κ2) is 14.9. The fourth-order valence-electron chi connectivity index (χ4n) is 5.14. The molecule has 192 valence electrons. The smallest absolute Gasteiger partial charge is 0.223 e. The quantitative estimate of drug-likeness (QED) is 0.222. The molecule has 1 aliphatic heterocycles. The Kier molecular flexibility index (Phi) is 10.7. The molecule has 2 aromatic carbocycles. The molecular formula is C33H39N3O. The van der Waals surface area contributed by atoms with Gasteiger partial charge in [-0.2, -0.15) is 0 Å². The van der Waals surface area contributed by atoms with E-state index in [1.165, 1.54) is 36.8 Å². The molecule has 0 unspecified atom stereocenters. The lowest BCUT2D eigenvalue weighted by Crippen LogP contribution is -2.37. The molecule has 1 saturated heterocycles. The number of aromatic nitrogens is 1. The lowest BCUT2D eigenvalue weighted by molar-refractivity contribution is -0.120. The first kappa shape index (κ1) is 26.6. The Morgan fingerprint density at radius 3 is 2.27 bits per heavy atom. The molecule has 37 heavy (non-hydrogen) atoms. The summed E-state index contributed by atoms with van der Waals surface area (Å²) in [5, 5.41) is 3.05. The third-order valence-electron chi connectivity index (χ3n) is 7.13. The van der Waals surface area contributed by atoms with E-state index in [9.17, 15) is 4.79 Å². The number of carbonyl (C=O) groups excluding carboxylic acids is 1. The van der Waals surface area contributed by atoms with Crippen molar-refractivity contribution in [2.75, 3.05) is 19.6 Å². The number of pyridine rings is 1. The Morgan fingerprint density at radius 2 is 1.62 bits per heavy atom. The summed E-state index contributed by atoms with van der Waals surface area (Å²) in [6, 6.07) is 26.1. The van der Waals surface area contributed by atoms with Gasteiger partial charge < -0.3 is 5.32 Å². The zero-order chi connectivity index (χ0) is 25.5. The van der Waals surface area contributed by atoms with Crippen LogP contribution < -0.4 is 5.32 Å². The molecular weight excluding hydrogens is 454 g/mol. The molecule has 3 aromatic rings. The van der Waals surface area contributed by atoms with Crippen molar-refractivity contribution in [3.63, 3.8) is 0 Å². The highest BCUT2D eigenvalue weighted by molar-refractivity contribution is 5.77. The van der Waals surface area contributed by atoms with Crippen LogP contribution in [0.5, 0.6) is 0 Å². The lowest BCUT2D eigenvalue weighted by atomic mass is 9.88. The van der Waals surface area contributed by atoms with Gasteiger partial charge in [0.15, 0.2) is 0 Å². The highest BCUT2D eigenvalue weighted by atomic mass is 16.1. The Bertz CT molecular complexity index is 1060. The summed E-state index contributed by atoms with van der Waals surface area (Å²) in [5.74, 6) is 0.876. The monoisotopic (exact) mass is 493 g/mol. The van der Waals surface area contributed by atoms with Crippen molar-refractivity contribution < 1.29 is 4.79 Å². The molecule has 1 amide bonds. The second-order valence-corrected chi connectivity index (χ2v) is 9.83. The predicted molar refractivity (Wildman–Crippen MR) is 153 cm³/mol. The van der Waals surface area contributed by atoms with Crippen molar-refractivity contribution in [2.45, 2.75) is 44.6 Å². The molecule has 0 atom stereocenters. The van der Waals surface area contributed by atoms with Gasteiger partial charge in [-0.3, -0.25) is 14.7 Å². The van der Waals surface area contributed by atoms with Crippen LogP contribution in [0.25, 0.3) is 6.08 Å². The van der Waals surface area contributed by atoms with Gasteiger partial charge in [-0.25, -0.2) is 0 Å². The summed E-state index contributed by atoms with van der Waals surface area (Å²) in [7, 11) is 0. The summed E-state index contributed by atoms with van der Waals surface area (Å²) in [6.07, 6.45) is 17.7. The number of nitrogens with one attached hydrogen (secondary N) is 1. The molecule has 0 aliphatic carbocycles. The fourth-order valence-corrected chi connectivity index (χ4v) is 5.14. The molecule has 0 radical (unpaired) electrons. The van der Waals surface area contributed by atoms with E-state index in [0.717, 1.165) is 37.5 Å². The number of allylic oxidation sites excluding steroid dienone is 2. The Balaban J connectivity index is 1.12. The summed E-state index contributed by atoms with van der Waals surface area (Å²) in [4.78, 5) is 18.8. The average molecular weight is 494 g/mol. The number of piperidine rings is 1. The van der Waals surface area contributed by atoms with Gasteiger partial charge >= 0.3 is 0 Å². The van der Waals surface area contributed by atoms with Crippen molar-refractivity contribution in [2.24, 2.45) is 5.92 Å². The van der Waals surface area contributed by atoms with Crippen LogP contribution in [0.1, 0.15) is 61.3 Å². The maximum absolute atomic E-state index is 12.1. The van der Waals surface area contributed by atoms with E-state index in [1.807, 2.05) is 42.6 Å². The highest BCUT2D eigenvalue weighted by Crippen LogP contribution is 2.33. The molecule has 4 nitrogen and oxygen atoms in total. The Morgan fingerprint density at radius 1 is 0.919 bits per heavy atom. The number of rotatable bonds is 12. The Hall–Kier alpha value is -3.50. The van der Waals surface area contributed by atoms with E-state index in [1.54, 1.807) is 6.20 Å². The van der Waals surface area contributed by atoms with Crippen molar-refractivity contribution in [1.82, 2.24) is 15.2 Å². The van der Waals surface area contributed by atoms with Crippen LogP contribution >= 0.6 is 0 Å². The van der Waals surface area contributed by atoms with Crippen LogP contribution in [0.15, 0.2) is 103 Å². The average Bonchev–Trinajstić information content (AvgIpc) is 2.95. The van der Waals surface area contributed by atoms with Crippen molar-refractivity contribution in [3.05, 3.63) is 120 Å². The van der Waals surface area contributed by atoms with E-state index in [2.05, 4.69) is 75.9 Å². The maximum Gasteiger partial charge on any atom is 0.223 e. The number of nitrogens with zero attached hydrogens (tertiary/aromatic N) is 2. The van der Waals surface area contributed by atoms with Crippen molar-refractivity contribution in [1.29, 1.82) is 0 Å². The number of hydrogen-bond acceptors (Lipinski definition) is 3. The first-order valence-electron chi connectivity index (χ1n) is 13.6. The van der Waals surface area contributed by atoms with E-state index in [4.69, 9.17) is 0 Å². The number of amides is 1. The molecule has 1 aliphatic rings. The summed E-state index contributed by atoms with van der Waals surface area (Å²) in [6.45, 7) is 3.04. The number of unbranched alkanes of at least 4 members (excludes halogenated alkanes) is 1. The van der Waals surface area contributed by atoms with Gasteiger partial charge in [-0.1, -0.05) is 104 Å². The van der Waals surface area contributed by atoms with Crippen LogP contribution in [-0.4, -0.2) is 35.4 Å². The first-order chi connectivity index (χ1) is 18.3. The molecule has 2 heterocycles. The Labute approximate surface area is 222 Å². The van der Waals surface area contributed by atoms with E-state index >= 15 is 0 Å². The number of carbonyl (C=O) groups is 1. The standard InChI is InChI=1S/C33H39N3O/c37-32(20-9-1-4-14-29-15-12-23-34-27-29)35-24-11-10-13-28-21-25-36(26-22-28)33(30-16-5-2-6-17-30)31-18-7-3-8-19-31/h1-9,12,14-19,23,27-28,33H,10-11,13,20-22,24-26H2,(H,35,37). The fraction of sp³-hybridized carbons (Fsp3) is 0.333. The lowest BCUT2D eigenvalue weighted by Gasteiger charge is -2.38. The number of benzene rings is 2. The van der Waals surface area contributed by atoms with Crippen LogP contribution in [0, 0.1) is 5.92 Å². The first-order valence-corrected chi connectivity index (χ1v) is 13.6. The van der Waals surface area contributed by atoms with Crippen LogP contribution in [-0.2, 0) is 4.79 Å². The maximum atomic E-state index is 12.1. The molecule has 4 rings (SSSR count). The predicted octanol–water partition coefficient (Wildman–Crippen LogP) is 6.83. The molecule has 4 heteroatoms. The summed E-state index contributed by atoms with van der Waals surface area (Å²) < 4.78 is 0. The van der Waals surface area contributed by atoms with Gasteiger partial charge in [0.2, 0.25) is 5.91 Å². The molecule has 1 N–H and O–H groups in total. The minimum Gasteiger partial charge on any atom is -0.356 e. The zero-order valence-corrected chi connectivity index (χ0v) is 21.7. The normalized spacial score (nSPS) is 15.1. The highest BCUT2D eigenvalue weighted by Gasteiger charge is 2.27. The van der Waals surface area contributed by atoms with Gasteiger partial charge in [0.05, 0.1) is 6.04 Å². The van der Waals surface area contributed by atoms with Crippen LogP contribution in [0.4, 0.5) is 0 Å². The molecule has 1 fully saturated rings. The second-order valence-electron chi connectivity index (χ2n) is 9.83. The summed E-state index contributed by atoms with van der Waals surface area (Å²) in [5.41, 5.74) is 3.80. The van der Waals surface area contributed by atoms with Crippen LogP contribution in [0.2, 0.25) is 0 Å².